The Morgan fingerprint density at radius 1 is 1.13 bits per heavy atom. The van der Waals surface area contributed by atoms with E-state index >= 15 is 0 Å². The first kappa shape index (κ1) is 20.9. The minimum atomic E-state index is -0.400. The number of aromatic nitrogens is 4. The number of amidine groups is 1. The van der Waals surface area contributed by atoms with Crippen molar-refractivity contribution in [1.82, 2.24) is 25.5 Å². The summed E-state index contributed by atoms with van der Waals surface area (Å²) in [6.45, 7) is 2.00. The molecule has 0 unspecified atom stereocenters. The number of nitrogens with one attached hydrogen (secondary N) is 1. The predicted molar refractivity (Wildman–Crippen MR) is 118 cm³/mol. The quantitative estimate of drug-likeness (QED) is 0.616. The van der Waals surface area contributed by atoms with E-state index in [0.29, 0.717) is 23.1 Å². The van der Waals surface area contributed by atoms with Crippen LogP contribution in [-0.2, 0) is 11.8 Å². The van der Waals surface area contributed by atoms with Crippen LogP contribution in [0.15, 0.2) is 63.7 Å². The predicted octanol–water partition coefficient (Wildman–Crippen LogP) is 3.57. The molecule has 1 aromatic heterocycles. The van der Waals surface area contributed by atoms with Gasteiger partial charge in [0.05, 0.1) is 23.0 Å². The van der Waals surface area contributed by atoms with E-state index in [4.69, 9.17) is 9.98 Å². The number of fused-ring (bicyclic) bond motifs is 1. The van der Waals surface area contributed by atoms with Crippen LogP contribution < -0.4 is 5.32 Å². The second-order valence-electron chi connectivity index (χ2n) is 6.85. The molecule has 0 spiro atoms. The number of hydrogen-bond donors (Lipinski definition) is 1. The average Bonchev–Trinajstić information content (AvgIpc) is 3.11. The molecule has 1 amide bonds. The average molecular weight is 438 g/mol. The largest absolute Gasteiger partial charge is 0.313 e. The third-order valence-corrected chi connectivity index (χ3v) is 5.75. The summed E-state index contributed by atoms with van der Waals surface area (Å²) in [5, 5.41) is 14.7. The molecule has 0 saturated carbocycles. The van der Waals surface area contributed by atoms with Crippen molar-refractivity contribution in [2.75, 3.05) is 5.75 Å². The van der Waals surface area contributed by atoms with E-state index < -0.39 is 5.92 Å². The van der Waals surface area contributed by atoms with Crippen molar-refractivity contribution >= 4 is 40.6 Å². The lowest BCUT2D eigenvalue weighted by molar-refractivity contribution is -0.117. The molecule has 1 N–H and O–H groups in total. The van der Waals surface area contributed by atoms with Gasteiger partial charge in [-0.25, -0.2) is 14.1 Å². The Bertz CT molecular complexity index is 1160. The zero-order valence-electron chi connectivity index (χ0n) is 17.0. The summed E-state index contributed by atoms with van der Waals surface area (Å²) >= 11 is 1.23. The highest BCUT2D eigenvalue weighted by molar-refractivity contribution is 7.99. The number of aliphatic imine (C=N–C) groups is 2. The van der Waals surface area contributed by atoms with Crippen LogP contribution in [-0.4, -0.2) is 43.4 Å². The number of para-hydroxylation sites is 2. The van der Waals surface area contributed by atoms with E-state index in [0.717, 1.165) is 17.0 Å². The van der Waals surface area contributed by atoms with Gasteiger partial charge in [-0.15, -0.1) is 5.10 Å². The first-order valence-electron chi connectivity index (χ1n) is 9.70. The lowest BCUT2D eigenvalue weighted by Gasteiger charge is -2.20. The van der Waals surface area contributed by atoms with Gasteiger partial charge in [0, 0.05) is 12.8 Å². The summed E-state index contributed by atoms with van der Waals surface area (Å²) in [5.41, 5.74) is 3.04. The number of tetrazole rings is 1. The van der Waals surface area contributed by atoms with Crippen molar-refractivity contribution in [3.05, 3.63) is 59.9 Å². The van der Waals surface area contributed by atoms with E-state index in [9.17, 15) is 9.18 Å². The van der Waals surface area contributed by atoms with Crippen molar-refractivity contribution in [3.8, 4) is 0 Å². The summed E-state index contributed by atoms with van der Waals surface area (Å²) < 4.78 is 15.1. The molecular weight excluding hydrogens is 417 g/mol. The van der Waals surface area contributed by atoms with Crippen molar-refractivity contribution in [3.63, 3.8) is 0 Å². The van der Waals surface area contributed by atoms with Gasteiger partial charge in [-0.1, -0.05) is 43.0 Å². The number of hydrogen-bond acceptors (Lipinski definition) is 7. The van der Waals surface area contributed by atoms with Gasteiger partial charge in [0.15, 0.2) is 0 Å². The van der Waals surface area contributed by atoms with Crippen LogP contribution in [0.4, 0.5) is 15.8 Å². The smallest absolute Gasteiger partial charge is 0.235 e. The zero-order chi connectivity index (χ0) is 21.8. The highest BCUT2D eigenvalue weighted by Crippen LogP contribution is 2.35. The number of amides is 1. The Kier molecular flexibility index (Phi) is 6.17. The number of nitrogens with zero attached hydrogens (tertiary/aromatic N) is 6. The zero-order valence-corrected chi connectivity index (χ0v) is 17.8. The molecule has 0 bridgehead atoms. The number of thioether (sulfide) groups is 1. The highest BCUT2D eigenvalue weighted by atomic mass is 32.2. The third-order valence-electron chi connectivity index (χ3n) is 4.74. The van der Waals surface area contributed by atoms with Gasteiger partial charge in [-0.05, 0) is 46.7 Å². The Morgan fingerprint density at radius 3 is 2.48 bits per heavy atom. The monoisotopic (exact) mass is 437 g/mol. The fourth-order valence-electron chi connectivity index (χ4n) is 3.27. The van der Waals surface area contributed by atoms with E-state index in [1.165, 1.54) is 28.6 Å². The standard InChI is InChI=1S/C21H20FN7OS/c1-3-15-19(13-8-10-14(22)11-9-13)20(24-17-7-5-4-6-16(17)23-15)25-18(30)12-31-21-26-27-28-29(21)2/h4-11,19H,3,12H2,1-2H3,(H,24,25,30)/t19-/m0/s1. The molecular formula is C21H20FN7OS. The summed E-state index contributed by atoms with van der Waals surface area (Å²) in [7, 11) is 1.71. The van der Waals surface area contributed by atoms with Gasteiger partial charge in [-0.2, -0.15) is 0 Å². The topological polar surface area (TPSA) is 97.4 Å². The van der Waals surface area contributed by atoms with Crippen molar-refractivity contribution in [2.45, 2.75) is 24.4 Å². The Hall–Kier alpha value is -3.40. The van der Waals surface area contributed by atoms with E-state index in [1.54, 1.807) is 19.2 Å². The van der Waals surface area contributed by atoms with Gasteiger partial charge < -0.3 is 5.32 Å². The SMILES string of the molecule is CCC1=Nc2ccccc2N=C(NC(=O)CSc2nnnn2C)[C@H]1c1ccc(F)cc1. The number of rotatable bonds is 5. The molecule has 8 nitrogen and oxygen atoms in total. The lowest BCUT2D eigenvalue weighted by atomic mass is 9.91. The Labute approximate surface area is 182 Å². The summed E-state index contributed by atoms with van der Waals surface area (Å²) in [6.07, 6.45) is 0.643. The fourth-order valence-corrected chi connectivity index (χ4v) is 3.92. The molecule has 31 heavy (non-hydrogen) atoms. The minimum Gasteiger partial charge on any atom is -0.313 e. The molecule has 10 heteroatoms. The number of aryl methyl sites for hydroxylation is 1. The molecule has 0 saturated heterocycles. The molecule has 0 aliphatic carbocycles. The third kappa shape index (κ3) is 4.69. The van der Waals surface area contributed by atoms with Gasteiger partial charge in [0.2, 0.25) is 11.1 Å². The van der Waals surface area contributed by atoms with Crippen molar-refractivity contribution < 1.29 is 9.18 Å². The highest BCUT2D eigenvalue weighted by Gasteiger charge is 2.28. The van der Waals surface area contributed by atoms with Crippen LogP contribution in [0, 0.1) is 5.82 Å². The molecule has 2 heterocycles. The van der Waals surface area contributed by atoms with Gasteiger partial charge in [0.1, 0.15) is 11.7 Å². The van der Waals surface area contributed by atoms with E-state index in [-0.39, 0.29) is 17.5 Å². The van der Waals surface area contributed by atoms with Crippen LogP contribution in [0.3, 0.4) is 0 Å². The van der Waals surface area contributed by atoms with Crippen LogP contribution >= 0.6 is 11.8 Å². The molecule has 1 atom stereocenters. The maximum atomic E-state index is 13.6. The van der Waals surface area contributed by atoms with Crippen molar-refractivity contribution in [1.29, 1.82) is 0 Å². The first-order chi connectivity index (χ1) is 15.0. The maximum Gasteiger partial charge on any atom is 0.235 e. The van der Waals surface area contributed by atoms with Gasteiger partial charge >= 0.3 is 0 Å². The number of halogens is 1. The van der Waals surface area contributed by atoms with E-state index in [2.05, 4.69) is 20.8 Å². The lowest BCUT2D eigenvalue weighted by Crippen LogP contribution is -2.38. The van der Waals surface area contributed by atoms with Crippen LogP contribution in [0.25, 0.3) is 0 Å². The molecule has 2 aromatic carbocycles. The maximum absolute atomic E-state index is 13.6. The fraction of sp³-hybridized carbons (Fsp3) is 0.238. The van der Waals surface area contributed by atoms with E-state index in [1.807, 2.05) is 31.2 Å². The van der Waals surface area contributed by atoms with Crippen LogP contribution in [0.1, 0.15) is 24.8 Å². The number of benzene rings is 2. The second kappa shape index (κ2) is 9.17. The van der Waals surface area contributed by atoms with Crippen LogP contribution in [0.2, 0.25) is 0 Å². The number of carbonyl (C=O) groups excluding carboxylic acids is 1. The molecule has 0 fully saturated rings. The molecule has 158 valence electrons. The molecule has 0 radical (unpaired) electrons. The normalized spacial score (nSPS) is 15.5. The molecule has 3 aromatic rings. The summed E-state index contributed by atoms with van der Waals surface area (Å²) in [5.74, 6) is -0.397. The molecule has 1 aliphatic heterocycles. The van der Waals surface area contributed by atoms with Gasteiger partial charge in [0.25, 0.3) is 0 Å². The Balaban J connectivity index is 1.67. The summed E-state index contributed by atoms with van der Waals surface area (Å²) in [6, 6.07) is 13.7. The Morgan fingerprint density at radius 2 is 1.84 bits per heavy atom. The first-order valence-corrected chi connectivity index (χ1v) is 10.7. The summed E-state index contributed by atoms with van der Waals surface area (Å²) in [4.78, 5) is 22.3. The molecule has 1 aliphatic rings. The van der Waals surface area contributed by atoms with Crippen molar-refractivity contribution in [2.24, 2.45) is 17.0 Å². The number of carbonyl (C=O) groups is 1. The second-order valence-corrected chi connectivity index (χ2v) is 7.79. The minimum absolute atomic E-state index is 0.115. The molecule has 4 rings (SSSR count). The van der Waals surface area contributed by atoms with Crippen LogP contribution in [0.5, 0.6) is 0 Å². The van der Waals surface area contributed by atoms with Gasteiger partial charge in [-0.3, -0.25) is 9.79 Å².